The Bertz CT molecular complexity index is 391. The average molecular weight is 264 g/mol. The second kappa shape index (κ2) is 7.28. The Morgan fingerprint density at radius 1 is 1.21 bits per heavy atom. The van der Waals surface area contributed by atoms with Crippen LogP contribution in [-0.4, -0.2) is 35.8 Å². The number of nitrogens with zero attached hydrogens (tertiary/aromatic N) is 2. The molecule has 0 spiro atoms. The van der Waals surface area contributed by atoms with E-state index in [1.807, 2.05) is 0 Å². The lowest BCUT2D eigenvalue weighted by Crippen LogP contribution is -2.29. The van der Waals surface area contributed by atoms with E-state index in [0.29, 0.717) is 6.04 Å². The maximum Gasteiger partial charge on any atom is 0.134 e. The third kappa shape index (κ3) is 3.80. The Morgan fingerprint density at radius 2 is 1.95 bits per heavy atom. The first-order valence-electron chi connectivity index (χ1n) is 7.27. The van der Waals surface area contributed by atoms with E-state index in [4.69, 9.17) is 4.74 Å². The minimum atomic E-state index is 0.466. The highest BCUT2D eigenvalue weighted by atomic mass is 16.5. The molecule has 1 aliphatic heterocycles. The molecule has 2 heterocycles. The molecule has 1 saturated heterocycles. The quantitative estimate of drug-likeness (QED) is 0.826. The minimum absolute atomic E-state index is 0.466. The monoisotopic (exact) mass is 264 g/mol. The summed E-state index contributed by atoms with van der Waals surface area (Å²) in [4.78, 5) is 8.76. The molecular formula is C14H24N4O. The summed E-state index contributed by atoms with van der Waals surface area (Å²) in [5.41, 5.74) is 1.18. The van der Waals surface area contributed by atoms with Gasteiger partial charge in [-0.3, -0.25) is 0 Å². The van der Waals surface area contributed by atoms with Gasteiger partial charge in [-0.15, -0.1) is 0 Å². The molecule has 0 aromatic carbocycles. The van der Waals surface area contributed by atoms with Gasteiger partial charge in [0.2, 0.25) is 0 Å². The zero-order valence-corrected chi connectivity index (χ0v) is 11.9. The lowest BCUT2D eigenvalue weighted by Gasteiger charge is -2.25. The number of nitrogens with one attached hydrogen (secondary N) is 2. The lowest BCUT2D eigenvalue weighted by atomic mass is 10.1. The first-order chi connectivity index (χ1) is 9.35. The van der Waals surface area contributed by atoms with Crippen molar-refractivity contribution >= 4 is 11.6 Å². The van der Waals surface area contributed by atoms with Crippen LogP contribution in [0.15, 0.2) is 6.33 Å². The second-order valence-corrected chi connectivity index (χ2v) is 4.86. The topological polar surface area (TPSA) is 59.1 Å². The Morgan fingerprint density at radius 3 is 2.63 bits per heavy atom. The molecule has 1 fully saturated rings. The fourth-order valence-corrected chi connectivity index (χ4v) is 2.30. The summed E-state index contributed by atoms with van der Waals surface area (Å²) in [6.07, 6.45) is 5.75. The van der Waals surface area contributed by atoms with Gasteiger partial charge in [-0.1, -0.05) is 13.8 Å². The van der Waals surface area contributed by atoms with Crippen LogP contribution in [0.4, 0.5) is 11.6 Å². The summed E-state index contributed by atoms with van der Waals surface area (Å²) in [5.74, 6) is 1.94. The van der Waals surface area contributed by atoms with Crippen molar-refractivity contribution in [1.29, 1.82) is 0 Å². The van der Waals surface area contributed by atoms with Crippen molar-refractivity contribution in [2.24, 2.45) is 0 Å². The fraction of sp³-hybridized carbons (Fsp3) is 0.714. The molecule has 2 rings (SSSR count). The van der Waals surface area contributed by atoms with Gasteiger partial charge >= 0.3 is 0 Å². The molecule has 19 heavy (non-hydrogen) atoms. The van der Waals surface area contributed by atoms with Crippen molar-refractivity contribution in [2.75, 3.05) is 30.4 Å². The normalized spacial score (nSPS) is 16.3. The van der Waals surface area contributed by atoms with Gasteiger partial charge in [0, 0.05) is 31.4 Å². The molecule has 1 aromatic rings. The highest BCUT2D eigenvalue weighted by molar-refractivity contribution is 5.57. The number of anilines is 2. The predicted molar refractivity (Wildman–Crippen MR) is 77.7 cm³/mol. The van der Waals surface area contributed by atoms with Crippen LogP contribution in [0, 0.1) is 0 Å². The fourth-order valence-electron chi connectivity index (χ4n) is 2.30. The minimum Gasteiger partial charge on any atom is -0.381 e. The van der Waals surface area contributed by atoms with E-state index in [1.165, 1.54) is 5.56 Å². The number of ether oxygens (including phenoxy) is 1. The molecule has 2 N–H and O–H groups in total. The van der Waals surface area contributed by atoms with Crippen LogP contribution in [0.25, 0.3) is 0 Å². The van der Waals surface area contributed by atoms with E-state index in [-0.39, 0.29) is 0 Å². The van der Waals surface area contributed by atoms with Crippen molar-refractivity contribution in [1.82, 2.24) is 9.97 Å². The second-order valence-electron chi connectivity index (χ2n) is 4.86. The third-order valence-electron chi connectivity index (χ3n) is 3.40. The van der Waals surface area contributed by atoms with Crippen LogP contribution >= 0.6 is 0 Å². The Kier molecular flexibility index (Phi) is 5.39. The lowest BCUT2D eigenvalue weighted by molar-refractivity contribution is 0.0903. The third-order valence-corrected chi connectivity index (χ3v) is 3.40. The Hall–Kier alpha value is -1.36. The van der Waals surface area contributed by atoms with E-state index < -0.39 is 0 Å². The maximum absolute atomic E-state index is 5.39. The van der Waals surface area contributed by atoms with Crippen molar-refractivity contribution in [3.8, 4) is 0 Å². The van der Waals surface area contributed by atoms with Gasteiger partial charge in [-0.25, -0.2) is 9.97 Å². The van der Waals surface area contributed by atoms with Gasteiger partial charge < -0.3 is 15.4 Å². The molecule has 0 saturated carbocycles. The van der Waals surface area contributed by atoms with Crippen LogP contribution in [0.3, 0.4) is 0 Å². The smallest absolute Gasteiger partial charge is 0.134 e. The van der Waals surface area contributed by atoms with E-state index in [2.05, 4.69) is 34.4 Å². The zero-order valence-electron chi connectivity index (χ0n) is 11.9. The molecule has 0 unspecified atom stereocenters. The summed E-state index contributed by atoms with van der Waals surface area (Å²) in [5, 5.41) is 6.92. The highest BCUT2D eigenvalue weighted by Crippen LogP contribution is 2.22. The number of rotatable bonds is 6. The molecule has 0 amide bonds. The molecule has 1 aliphatic rings. The van der Waals surface area contributed by atoms with Crippen LogP contribution in [0.5, 0.6) is 0 Å². The molecule has 5 nitrogen and oxygen atoms in total. The number of hydrogen-bond donors (Lipinski definition) is 2. The standard InChI is InChI=1S/C14H24N4O/c1-3-7-15-13-12(4-2)14(17-10-16-13)18-11-5-8-19-9-6-11/h10-11H,3-9H2,1-2H3,(H2,15,16,17,18). The van der Waals surface area contributed by atoms with Gasteiger partial charge in [0.15, 0.2) is 0 Å². The van der Waals surface area contributed by atoms with E-state index in [1.54, 1.807) is 6.33 Å². The summed E-state index contributed by atoms with van der Waals surface area (Å²) >= 11 is 0. The van der Waals surface area contributed by atoms with Gasteiger partial charge in [-0.2, -0.15) is 0 Å². The van der Waals surface area contributed by atoms with Crippen LogP contribution in [0.2, 0.25) is 0 Å². The summed E-state index contributed by atoms with van der Waals surface area (Å²) in [6.45, 7) is 6.92. The summed E-state index contributed by atoms with van der Waals surface area (Å²) in [7, 11) is 0. The van der Waals surface area contributed by atoms with Crippen LogP contribution in [0.1, 0.15) is 38.7 Å². The molecule has 5 heteroatoms. The molecule has 106 valence electrons. The molecule has 0 aliphatic carbocycles. The zero-order chi connectivity index (χ0) is 13.5. The van der Waals surface area contributed by atoms with Crippen molar-refractivity contribution in [2.45, 2.75) is 45.6 Å². The highest BCUT2D eigenvalue weighted by Gasteiger charge is 2.17. The largest absolute Gasteiger partial charge is 0.381 e. The number of aromatic nitrogens is 2. The maximum atomic E-state index is 5.39. The molecule has 0 radical (unpaired) electrons. The predicted octanol–water partition coefficient (Wildman–Crippen LogP) is 2.45. The van der Waals surface area contributed by atoms with Gasteiger partial charge in [-0.05, 0) is 25.7 Å². The molecule has 0 atom stereocenters. The Labute approximate surface area is 115 Å². The van der Waals surface area contributed by atoms with Crippen LogP contribution < -0.4 is 10.6 Å². The first kappa shape index (κ1) is 14.1. The van der Waals surface area contributed by atoms with Crippen molar-refractivity contribution < 1.29 is 4.74 Å². The molecular weight excluding hydrogens is 240 g/mol. The van der Waals surface area contributed by atoms with E-state index >= 15 is 0 Å². The summed E-state index contributed by atoms with van der Waals surface area (Å²) < 4.78 is 5.39. The molecule has 0 bridgehead atoms. The van der Waals surface area contributed by atoms with Crippen LogP contribution in [-0.2, 0) is 11.2 Å². The van der Waals surface area contributed by atoms with Gasteiger partial charge in [0.25, 0.3) is 0 Å². The SMILES string of the molecule is CCCNc1ncnc(NC2CCOCC2)c1CC. The van der Waals surface area contributed by atoms with E-state index in [0.717, 1.165) is 57.1 Å². The van der Waals surface area contributed by atoms with E-state index in [9.17, 15) is 0 Å². The van der Waals surface area contributed by atoms with Gasteiger partial charge in [0.1, 0.15) is 18.0 Å². The molecule has 1 aromatic heterocycles. The van der Waals surface area contributed by atoms with Gasteiger partial charge in [0.05, 0.1) is 0 Å². The Balaban J connectivity index is 2.09. The van der Waals surface area contributed by atoms with Crippen molar-refractivity contribution in [3.05, 3.63) is 11.9 Å². The first-order valence-corrected chi connectivity index (χ1v) is 7.27. The number of hydrogen-bond acceptors (Lipinski definition) is 5. The average Bonchev–Trinajstić information content (AvgIpc) is 2.46. The van der Waals surface area contributed by atoms with Crippen molar-refractivity contribution in [3.63, 3.8) is 0 Å². The summed E-state index contributed by atoms with van der Waals surface area (Å²) in [6, 6.07) is 0.466.